The first-order chi connectivity index (χ1) is 11.1. The Morgan fingerprint density at radius 1 is 1.35 bits per heavy atom. The van der Waals surface area contributed by atoms with E-state index in [-0.39, 0.29) is 17.8 Å². The van der Waals surface area contributed by atoms with Gasteiger partial charge in [0.15, 0.2) is 5.82 Å². The van der Waals surface area contributed by atoms with Crippen molar-refractivity contribution in [2.45, 2.75) is 37.8 Å². The molecule has 2 aliphatic rings. The third-order valence-electron chi connectivity index (χ3n) is 4.29. The highest BCUT2D eigenvalue weighted by molar-refractivity contribution is 5.86. The minimum absolute atomic E-state index is 0.0204. The van der Waals surface area contributed by atoms with Crippen LogP contribution in [0.2, 0.25) is 0 Å². The molecule has 0 spiro atoms. The predicted octanol–water partition coefficient (Wildman–Crippen LogP) is 0.885. The lowest BCUT2D eigenvalue weighted by Crippen LogP contribution is -2.44. The van der Waals surface area contributed by atoms with Gasteiger partial charge in [-0.3, -0.25) is 4.79 Å². The Morgan fingerprint density at radius 3 is 2.91 bits per heavy atom. The molecular formula is C14H16N6O3. The number of fused-ring (bicyclic) bond motifs is 1. The number of nitro groups is 1. The van der Waals surface area contributed by atoms with E-state index in [4.69, 9.17) is 0 Å². The van der Waals surface area contributed by atoms with E-state index in [9.17, 15) is 14.9 Å². The molecule has 9 nitrogen and oxygen atoms in total. The van der Waals surface area contributed by atoms with E-state index in [1.165, 1.54) is 10.7 Å². The molecular weight excluding hydrogens is 300 g/mol. The number of anilines is 1. The molecule has 2 aromatic heterocycles. The Balaban J connectivity index is 1.65. The number of hydrogen-bond acceptors (Lipinski definition) is 6. The van der Waals surface area contributed by atoms with Gasteiger partial charge in [-0.2, -0.15) is 0 Å². The number of imidazole rings is 1. The molecule has 9 heteroatoms. The number of nitrogens with zero attached hydrogens (tertiary/aromatic N) is 5. The average Bonchev–Trinajstić information content (AvgIpc) is 3.05. The number of carbonyl (C=O) groups is 1. The van der Waals surface area contributed by atoms with Crippen molar-refractivity contribution in [2.75, 3.05) is 11.4 Å². The zero-order chi connectivity index (χ0) is 16.0. The van der Waals surface area contributed by atoms with Gasteiger partial charge in [-0.15, -0.1) is 0 Å². The number of hydrogen-bond donors (Lipinski definition) is 1. The highest BCUT2D eigenvalue weighted by atomic mass is 16.6. The van der Waals surface area contributed by atoms with E-state index in [2.05, 4.69) is 15.4 Å². The second-order valence-corrected chi connectivity index (χ2v) is 5.97. The van der Waals surface area contributed by atoms with Gasteiger partial charge in [0, 0.05) is 18.7 Å². The first-order valence-electron chi connectivity index (χ1n) is 7.69. The fourth-order valence-corrected chi connectivity index (χ4v) is 2.97. The molecule has 0 aromatic carbocycles. The van der Waals surface area contributed by atoms with E-state index >= 15 is 0 Å². The lowest BCUT2D eigenvalue weighted by atomic mass is 10.2. The van der Waals surface area contributed by atoms with E-state index in [1.807, 2.05) is 4.90 Å². The Hall–Kier alpha value is -2.71. The SMILES string of the molecule is O=C(NC1CC1)[C@@H]1CCCN1c1ccc2ncc([N+](=O)[O-])n2n1. The van der Waals surface area contributed by atoms with Gasteiger partial charge in [0.1, 0.15) is 12.2 Å². The summed E-state index contributed by atoms with van der Waals surface area (Å²) in [7, 11) is 0. The van der Waals surface area contributed by atoms with Gasteiger partial charge >= 0.3 is 5.82 Å². The fourth-order valence-electron chi connectivity index (χ4n) is 2.97. The summed E-state index contributed by atoms with van der Waals surface area (Å²) in [6.07, 6.45) is 4.94. The molecule has 1 aliphatic heterocycles. The first-order valence-corrected chi connectivity index (χ1v) is 7.69. The van der Waals surface area contributed by atoms with Crippen LogP contribution in [0.1, 0.15) is 25.7 Å². The van der Waals surface area contributed by atoms with Crippen molar-refractivity contribution < 1.29 is 9.72 Å². The van der Waals surface area contributed by atoms with Crippen LogP contribution in [0.4, 0.5) is 11.6 Å². The van der Waals surface area contributed by atoms with E-state index < -0.39 is 4.92 Å². The van der Waals surface area contributed by atoms with Crippen LogP contribution in [0.3, 0.4) is 0 Å². The van der Waals surface area contributed by atoms with Crippen LogP contribution in [0.25, 0.3) is 5.65 Å². The van der Waals surface area contributed by atoms with Crippen LogP contribution in [-0.2, 0) is 4.79 Å². The fraction of sp³-hybridized carbons (Fsp3) is 0.500. The number of amides is 1. The van der Waals surface area contributed by atoms with Crippen LogP contribution in [0.5, 0.6) is 0 Å². The quantitative estimate of drug-likeness (QED) is 0.663. The van der Waals surface area contributed by atoms with Gasteiger partial charge in [0.05, 0.1) is 0 Å². The summed E-state index contributed by atoms with van der Waals surface area (Å²) in [6.45, 7) is 0.712. The maximum Gasteiger partial charge on any atom is 0.368 e. The Morgan fingerprint density at radius 2 is 2.17 bits per heavy atom. The zero-order valence-corrected chi connectivity index (χ0v) is 12.4. The van der Waals surface area contributed by atoms with Crippen molar-refractivity contribution in [1.29, 1.82) is 0 Å². The smallest absolute Gasteiger partial charge is 0.358 e. The molecule has 0 unspecified atom stereocenters. The van der Waals surface area contributed by atoms with Gasteiger partial charge in [-0.05, 0) is 36.7 Å². The molecule has 1 atom stereocenters. The van der Waals surface area contributed by atoms with Crippen molar-refractivity contribution in [3.8, 4) is 0 Å². The lowest BCUT2D eigenvalue weighted by molar-refractivity contribution is -0.391. The largest absolute Gasteiger partial charge is 0.368 e. The number of nitrogens with one attached hydrogen (secondary N) is 1. The standard InChI is InChI=1S/C14H16N6O3/c21-14(16-9-3-4-9)10-2-1-7-18(10)12-6-5-11-15-8-13(20(22)23)19(11)17-12/h5-6,8-10H,1-4,7H2,(H,16,21)/t10-/m0/s1. The van der Waals surface area contributed by atoms with Crippen molar-refractivity contribution in [3.05, 3.63) is 28.4 Å². The van der Waals surface area contributed by atoms with E-state index in [1.54, 1.807) is 12.1 Å². The summed E-state index contributed by atoms with van der Waals surface area (Å²) in [6, 6.07) is 3.50. The highest BCUT2D eigenvalue weighted by Crippen LogP contribution is 2.26. The molecule has 2 fully saturated rings. The van der Waals surface area contributed by atoms with Gasteiger partial charge < -0.3 is 20.3 Å². The third kappa shape index (κ3) is 2.47. The summed E-state index contributed by atoms with van der Waals surface area (Å²) >= 11 is 0. The molecule has 0 bridgehead atoms. The maximum atomic E-state index is 12.4. The average molecular weight is 316 g/mol. The minimum atomic E-state index is -0.516. The Bertz CT molecular complexity index is 784. The molecule has 1 N–H and O–H groups in total. The molecule has 23 heavy (non-hydrogen) atoms. The highest BCUT2D eigenvalue weighted by Gasteiger charge is 2.35. The zero-order valence-electron chi connectivity index (χ0n) is 12.4. The summed E-state index contributed by atoms with van der Waals surface area (Å²) in [5.74, 6) is 0.402. The summed E-state index contributed by atoms with van der Waals surface area (Å²) in [4.78, 5) is 28.8. The van der Waals surface area contributed by atoms with Crippen molar-refractivity contribution in [2.24, 2.45) is 0 Å². The minimum Gasteiger partial charge on any atom is -0.358 e. The second-order valence-electron chi connectivity index (χ2n) is 5.97. The maximum absolute atomic E-state index is 12.4. The van der Waals surface area contributed by atoms with Crippen molar-refractivity contribution in [1.82, 2.24) is 19.9 Å². The third-order valence-corrected chi connectivity index (χ3v) is 4.29. The summed E-state index contributed by atoms with van der Waals surface area (Å²) < 4.78 is 1.21. The monoisotopic (exact) mass is 316 g/mol. The van der Waals surface area contributed by atoms with Gasteiger partial charge in [-0.1, -0.05) is 9.61 Å². The van der Waals surface area contributed by atoms with Crippen LogP contribution in [-0.4, -0.2) is 44.1 Å². The van der Waals surface area contributed by atoms with Crippen molar-refractivity contribution >= 4 is 23.2 Å². The van der Waals surface area contributed by atoms with Crippen LogP contribution < -0.4 is 10.2 Å². The summed E-state index contributed by atoms with van der Waals surface area (Å²) in [5, 5.41) is 18.4. The van der Waals surface area contributed by atoms with Crippen LogP contribution in [0, 0.1) is 10.1 Å². The topological polar surface area (TPSA) is 106 Å². The summed E-state index contributed by atoms with van der Waals surface area (Å²) in [5.41, 5.74) is 0.415. The van der Waals surface area contributed by atoms with E-state index in [0.717, 1.165) is 25.7 Å². The van der Waals surface area contributed by atoms with Gasteiger partial charge in [-0.25, -0.2) is 4.98 Å². The Kier molecular flexibility index (Phi) is 3.14. The molecule has 2 aromatic rings. The number of carbonyl (C=O) groups excluding carboxylic acids is 1. The molecule has 1 aliphatic carbocycles. The van der Waals surface area contributed by atoms with Gasteiger partial charge in [0.2, 0.25) is 11.6 Å². The predicted molar refractivity (Wildman–Crippen MR) is 81.2 cm³/mol. The Labute approximate surface area is 131 Å². The number of rotatable bonds is 4. The second kappa shape index (κ2) is 5.18. The van der Waals surface area contributed by atoms with E-state index in [0.29, 0.717) is 24.1 Å². The lowest BCUT2D eigenvalue weighted by Gasteiger charge is -2.23. The molecule has 4 rings (SSSR count). The van der Waals surface area contributed by atoms with Crippen LogP contribution in [0.15, 0.2) is 18.3 Å². The molecule has 1 saturated carbocycles. The normalized spacial score (nSPS) is 20.9. The first kappa shape index (κ1) is 13.9. The molecule has 120 valence electrons. The molecule has 1 amide bonds. The van der Waals surface area contributed by atoms with Crippen molar-refractivity contribution in [3.63, 3.8) is 0 Å². The molecule has 0 radical (unpaired) electrons. The van der Waals surface area contributed by atoms with Crippen LogP contribution >= 0.6 is 0 Å². The number of aromatic nitrogens is 3. The molecule has 1 saturated heterocycles. The van der Waals surface area contributed by atoms with Gasteiger partial charge in [0.25, 0.3) is 0 Å². The molecule has 3 heterocycles.